The first-order valence-electron chi connectivity index (χ1n) is 4.92. The number of likely N-dealkylation sites (N-methyl/N-ethyl adjacent to an activating group) is 1. The normalized spacial score (nSPS) is 13.0. The molecule has 8 heteroatoms. The fourth-order valence-corrected chi connectivity index (χ4v) is 2.71. The van der Waals surface area contributed by atoms with Gasteiger partial charge in [-0.1, -0.05) is 12.1 Å². The summed E-state index contributed by atoms with van der Waals surface area (Å²) in [5, 5.41) is 10.4. The van der Waals surface area contributed by atoms with E-state index in [2.05, 4.69) is 0 Å². The second-order valence-electron chi connectivity index (χ2n) is 3.52. The summed E-state index contributed by atoms with van der Waals surface area (Å²) in [5.41, 5.74) is -1.23. The minimum Gasteiger partial charge on any atom is -0.235 e. The molecule has 1 radical (unpaired) electrons. The lowest BCUT2D eigenvalue weighted by Crippen LogP contribution is -2.31. The highest BCUT2D eigenvalue weighted by molar-refractivity contribution is 7.89. The van der Waals surface area contributed by atoms with E-state index in [1.807, 2.05) is 0 Å². The molecule has 0 saturated carbocycles. The standard InChI is InChI=1S/C10H11F3NO3S/c1-14(6-7-15)18(16,17)9-5-3-2-4-8(9)10(11,12)13/h2-5H,6-7H2,1H3. The predicted octanol–water partition coefficient (Wildman–Crippen LogP) is 1.76. The van der Waals surface area contributed by atoms with E-state index in [0.717, 1.165) is 19.2 Å². The largest absolute Gasteiger partial charge is 0.417 e. The van der Waals surface area contributed by atoms with Crippen LogP contribution in [0.3, 0.4) is 0 Å². The quantitative estimate of drug-likeness (QED) is 0.845. The molecule has 0 N–H and O–H groups in total. The minimum absolute atomic E-state index is 0.380. The molecule has 0 saturated heterocycles. The van der Waals surface area contributed by atoms with Crippen molar-refractivity contribution in [3.8, 4) is 0 Å². The maximum atomic E-state index is 12.7. The van der Waals surface area contributed by atoms with Crippen molar-refractivity contribution in [1.82, 2.24) is 4.31 Å². The number of hydrogen-bond donors (Lipinski definition) is 0. The van der Waals surface area contributed by atoms with Crippen LogP contribution in [0.2, 0.25) is 0 Å². The molecule has 0 spiro atoms. The Morgan fingerprint density at radius 2 is 1.78 bits per heavy atom. The van der Waals surface area contributed by atoms with Crippen LogP contribution in [0.15, 0.2) is 29.2 Å². The van der Waals surface area contributed by atoms with Gasteiger partial charge in [0.25, 0.3) is 0 Å². The van der Waals surface area contributed by atoms with Crippen LogP contribution in [0, 0.1) is 0 Å². The summed E-state index contributed by atoms with van der Waals surface area (Å²) >= 11 is 0. The van der Waals surface area contributed by atoms with Crippen LogP contribution in [0.4, 0.5) is 13.2 Å². The van der Waals surface area contributed by atoms with Gasteiger partial charge in [0.05, 0.1) is 17.1 Å². The molecule has 0 aliphatic heterocycles. The van der Waals surface area contributed by atoms with E-state index in [1.165, 1.54) is 6.07 Å². The second-order valence-corrected chi connectivity index (χ2v) is 5.54. The van der Waals surface area contributed by atoms with Crippen molar-refractivity contribution < 1.29 is 26.7 Å². The molecular formula is C10H11F3NO3S. The van der Waals surface area contributed by atoms with E-state index in [1.54, 1.807) is 0 Å². The van der Waals surface area contributed by atoms with Gasteiger partial charge in [0, 0.05) is 13.6 Å². The first-order valence-corrected chi connectivity index (χ1v) is 6.36. The maximum absolute atomic E-state index is 12.7. The summed E-state index contributed by atoms with van der Waals surface area (Å²) in [6, 6.07) is 3.87. The molecule has 0 amide bonds. The van der Waals surface area contributed by atoms with Crippen molar-refractivity contribution in [2.45, 2.75) is 11.1 Å². The van der Waals surface area contributed by atoms with Crippen molar-refractivity contribution in [2.75, 3.05) is 20.2 Å². The average molecular weight is 282 g/mol. The lowest BCUT2D eigenvalue weighted by atomic mass is 10.2. The molecule has 0 heterocycles. The monoisotopic (exact) mass is 282 g/mol. The molecule has 1 aromatic rings. The Balaban J connectivity index is 3.34. The second kappa shape index (κ2) is 5.25. The van der Waals surface area contributed by atoms with Gasteiger partial charge in [-0.2, -0.15) is 17.5 Å². The predicted molar refractivity (Wildman–Crippen MR) is 56.8 cm³/mol. The summed E-state index contributed by atoms with van der Waals surface area (Å²) in [7, 11) is -3.23. The van der Waals surface area contributed by atoms with Gasteiger partial charge >= 0.3 is 6.18 Å². The SMILES string of the molecule is CN(CC[O])S(=O)(=O)c1ccccc1C(F)(F)F. The smallest absolute Gasteiger partial charge is 0.235 e. The zero-order valence-electron chi connectivity index (χ0n) is 9.44. The van der Waals surface area contributed by atoms with Crippen molar-refractivity contribution in [3.05, 3.63) is 29.8 Å². The van der Waals surface area contributed by atoms with Gasteiger partial charge < -0.3 is 0 Å². The molecule has 0 unspecified atom stereocenters. The van der Waals surface area contributed by atoms with Crippen LogP contribution in [-0.2, 0) is 21.3 Å². The molecule has 101 valence electrons. The van der Waals surface area contributed by atoms with Gasteiger partial charge in [0.15, 0.2) is 0 Å². The molecule has 18 heavy (non-hydrogen) atoms. The van der Waals surface area contributed by atoms with Crippen molar-refractivity contribution in [2.24, 2.45) is 0 Å². The van der Waals surface area contributed by atoms with Gasteiger partial charge in [-0.3, -0.25) is 0 Å². The molecule has 4 nitrogen and oxygen atoms in total. The molecule has 1 rings (SSSR count). The Kier molecular flexibility index (Phi) is 4.36. The molecule has 0 aromatic heterocycles. The topological polar surface area (TPSA) is 57.3 Å². The van der Waals surface area contributed by atoms with Gasteiger partial charge in [-0.25, -0.2) is 13.5 Å². The Morgan fingerprint density at radius 3 is 2.28 bits per heavy atom. The molecule has 0 aliphatic rings. The first-order chi connectivity index (χ1) is 8.21. The van der Waals surface area contributed by atoms with Gasteiger partial charge in [-0.15, -0.1) is 0 Å². The lowest BCUT2D eigenvalue weighted by molar-refractivity contribution is -0.139. The van der Waals surface area contributed by atoms with Crippen molar-refractivity contribution in [3.63, 3.8) is 0 Å². The van der Waals surface area contributed by atoms with E-state index in [-0.39, 0.29) is 6.54 Å². The fraction of sp³-hybridized carbons (Fsp3) is 0.400. The third-order valence-electron chi connectivity index (χ3n) is 2.29. The van der Waals surface area contributed by atoms with Crippen LogP contribution >= 0.6 is 0 Å². The summed E-state index contributed by atoms with van der Waals surface area (Å²) in [4.78, 5) is -0.839. The number of nitrogens with zero attached hydrogens (tertiary/aromatic N) is 1. The summed E-state index contributed by atoms with van der Waals surface area (Å²) < 4.78 is 62.4. The molecule has 0 fully saturated rings. The summed E-state index contributed by atoms with van der Waals surface area (Å²) in [6.07, 6.45) is -4.76. The third kappa shape index (κ3) is 3.01. The highest BCUT2D eigenvalue weighted by atomic mass is 32.2. The number of halogens is 3. The van der Waals surface area contributed by atoms with Crippen LogP contribution in [0.5, 0.6) is 0 Å². The van der Waals surface area contributed by atoms with E-state index in [9.17, 15) is 26.7 Å². The maximum Gasteiger partial charge on any atom is 0.417 e. The van der Waals surface area contributed by atoms with E-state index in [0.29, 0.717) is 10.4 Å². The van der Waals surface area contributed by atoms with Gasteiger partial charge in [-0.05, 0) is 12.1 Å². The first kappa shape index (κ1) is 14.9. The zero-order chi connectivity index (χ0) is 14.0. The van der Waals surface area contributed by atoms with Gasteiger partial charge in [0.2, 0.25) is 10.0 Å². The molecule has 0 atom stereocenters. The summed E-state index contributed by atoms with van der Waals surface area (Å²) in [6.45, 7) is -1.10. The van der Waals surface area contributed by atoms with Gasteiger partial charge in [0.1, 0.15) is 0 Å². The minimum atomic E-state index is -4.76. The van der Waals surface area contributed by atoms with Crippen molar-refractivity contribution >= 4 is 10.0 Å². The molecule has 0 aliphatic carbocycles. The highest BCUT2D eigenvalue weighted by Crippen LogP contribution is 2.34. The lowest BCUT2D eigenvalue weighted by Gasteiger charge is -2.19. The number of rotatable bonds is 4. The van der Waals surface area contributed by atoms with Crippen LogP contribution in [0.25, 0.3) is 0 Å². The van der Waals surface area contributed by atoms with E-state index in [4.69, 9.17) is 0 Å². The Hall–Kier alpha value is -1.12. The molecular weight excluding hydrogens is 271 g/mol. The Labute approximate surface area is 103 Å². The van der Waals surface area contributed by atoms with Crippen molar-refractivity contribution in [1.29, 1.82) is 0 Å². The van der Waals surface area contributed by atoms with E-state index < -0.39 is 33.3 Å². The average Bonchev–Trinajstić information content (AvgIpc) is 2.28. The zero-order valence-corrected chi connectivity index (χ0v) is 10.3. The fourth-order valence-electron chi connectivity index (χ4n) is 1.34. The third-order valence-corrected chi connectivity index (χ3v) is 4.20. The van der Waals surface area contributed by atoms with E-state index >= 15 is 0 Å². The highest BCUT2D eigenvalue weighted by Gasteiger charge is 2.37. The number of alkyl halides is 3. The molecule has 1 aromatic carbocycles. The Morgan fingerprint density at radius 1 is 1.22 bits per heavy atom. The van der Waals surface area contributed by atoms with Crippen LogP contribution in [0.1, 0.15) is 5.56 Å². The summed E-state index contributed by atoms with van der Waals surface area (Å²) in [5.74, 6) is 0. The number of sulfonamides is 1. The Bertz CT molecular complexity index is 513. The number of benzene rings is 1. The number of hydrogen-bond acceptors (Lipinski definition) is 2. The van der Waals surface area contributed by atoms with Crippen LogP contribution < -0.4 is 0 Å². The van der Waals surface area contributed by atoms with Crippen LogP contribution in [-0.4, -0.2) is 32.9 Å². The molecule has 0 bridgehead atoms.